The highest BCUT2D eigenvalue weighted by atomic mass is 16.5. The van der Waals surface area contributed by atoms with Gasteiger partial charge in [-0.25, -0.2) is 0 Å². The quantitative estimate of drug-likeness (QED) is 0.678. The van der Waals surface area contributed by atoms with Gasteiger partial charge in [0, 0.05) is 50.2 Å². The number of aliphatic hydroxyl groups excluding tert-OH is 1. The van der Waals surface area contributed by atoms with Gasteiger partial charge < -0.3 is 14.7 Å². The zero-order valence-corrected chi connectivity index (χ0v) is 17.8. The highest BCUT2D eigenvalue weighted by molar-refractivity contribution is 5.48. The lowest BCUT2D eigenvalue weighted by Crippen LogP contribution is -2.25. The molecule has 0 amide bonds. The Morgan fingerprint density at radius 1 is 0.968 bits per heavy atom. The van der Waals surface area contributed by atoms with Crippen molar-refractivity contribution in [2.45, 2.75) is 32.0 Å². The lowest BCUT2D eigenvalue weighted by atomic mass is 10.0. The van der Waals surface area contributed by atoms with E-state index in [1.54, 1.807) is 6.20 Å². The molecule has 5 nitrogen and oxygen atoms in total. The Kier molecular flexibility index (Phi) is 5.87. The van der Waals surface area contributed by atoms with E-state index in [2.05, 4.69) is 45.1 Å². The van der Waals surface area contributed by atoms with Crippen molar-refractivity contribution in [3.63, 3.8) is 0 Å². The van der Waals surface area contributed by atoms with Gasteiger partial charge in [-0.3, -0.25) is 9.88 Å². The van der Waals surface area contributed by atoms with E-state index in [-0.39, 0.29) is 0 Å². The summed E-state index contributed by atoms with van der Waals surface area (Å²) in [6.07, 6.45) is 3.57. The van der Waals surface area contributed by atoms with Crippen LogP contribution in [0.1, 0.15) is 41.3 Å². The number of aromatic nitrogens is 1. The van der Waals surface area contributed by atoms with Crippen LogP contribution in [0.3, 0.4) is 0 Å². The van der Waals surface area contributed by atoms with Crippen LogP contribution in [0.4, 0.5) is 5.69 Å². The highest BCUT2D eigenvalue weighted by Crippen LogP contribution is 2.29. The molecule has 1 unspecified atom stereocenters. The molecule has 5 rings (SSSR count). The minimum atomic E-state index is -0.735. The molecule has 0 saturated carbocycles. The first-order valence-electron chi connectivity index (χ1n) is 11.2. The average Bonchev–Trinajstić information content (AvgIpc) is 3.28. The Morgan fingerprint density at radius 3 is 2.58 bits per heavy atom. The third kappa shape index (κ3) is 4.58. The van der Waals surface area contributed by atoms with Crippen molar-refractivity contribution < 1.29 is 9.84 Å². The predicted molar refractivity (Wildman–Crippen MR) is 122 cm³/mol. The van der Waals surface area contributed by atoms with Gasteiger partial charge in [0.05, 0.1) is 5.69 Å². The molecular formula is C26H29N3O2. The van der Waals surface area contributed by atoms with Crippen LogP contribution in [0, 0.1) is 0 Å². The molecule has 3 heterocycles. The van der Waals surface area contributed by atoms with Gasteiger partial charge in [-0.2, -0.15) is 0 Å². The number of ether oxygens (including phenoxy) is 1. The second-order valence-electron chi connectivity index (χ2n) is 8.44. The number of benzene rings is 2. The Labute approximate surface area is 183 Å². The van der Waals surface area contributed by atoms with E-state index in [1.807, 2.05) is 30.3 Å². The standard InChI is InChI=1S/C26H29N3O2/c30-26(24-5-1-2-12-27-24)21-8-11-25-22(17-21)19-28(15-16-31-25)18-20-6-9-23(10-7-20)29-13-3-4-14-29/h1-2,5-12,17,26,30H,3-4,13-16,18-19H2. The summed E-state index contributed by atoms with van der Waals surface area (Å²) in [5, 5.41) is 10.8. The molecular weight excluding hydrogens is 386 g/mol. The summed E-state index contributed by atoms with van der Waals surface area (Å²) < 4.78 is 6.00. The third-order valence-corrected chi connectivity index (χ3v) is 6.24. The van der Waals surface area contributed by atoms with E-state index >= 15 is 0 Å². The fourth-order valence-electron chi connectivity index (χ4n) is 4.53. The minimum Gasteiger partial charge on any atom is -0.492 e. The molecule has 2 aliphatic heterocycles. The topological polar surface area (TPSA) is 48.8 Å². The molecule has 1 N–H and O–H groups in total. The van der Waals surface area contributed by atoms with Crippen molar-refractivity contribution in [3.05, 3.63) is 89.2 Å². The molecule has 0 spiro atoms. The first-order valence-corrected chi connectivity index (χ1v) is 11.2. The van der Waals surface area contributed by atoms with Crippen molar-refractivity contribution >= 4 is 5.69 Å². The van der Waals surface area contributed by atoms with Gasteiger partial charge in [0.25, 0.3) is 0 Å². The van der Waals surface area contributed by atoms with Gasteiger partial charge in [0.1, 0.15) is 18.5 Å². The number of hydrogen-bond donors (Lipinski definition) is 1. The molecule has 1 fully saturated rings. The normalized spacial score (nSPS) is 17.6. The summed E-state index contributed by atoms with van der Waals surface area (Å²) in [5.41, 5.74) is 5.26. The molecule has 1 saturated heterocycles. The minimum absolute atomic E-state index is 0.659. The van der Waals surface area contributed by atoms with Gasteiger partial charge in [-0.05, 0) is 60.4 Å². The van der Waals surface area contributed by atoms with Crippen LogP contribution >= 0.6 is 0 Å². The molecule has 1 atom stereocenters. The molecule has 2 aliphatic rings. The molecule has 31 heavy (non-hydrogen) atoms. The van der Waals surface area contributed by atoms with E-state index in [0.717, 1.165) is 36.5 Å². The Morgan fingerprint density at radius 2 is 1.81 bits per heavy atom. The van der Waals surface area contributed by atoms with Gasteiger partial charge >= 0.3 is 0 Å². The molecule has 2 aromatic carbocycles. The fourth-order valence-corrected chi connectivity index (χ4v) is 4.53. The number of anilines is 1. The van der Waals surface area contributed by atoms with Crippen LogP contribution in [-0.2, 0) is 13.1 Å². The molecule has 5 heteroatoms. The Balaban J connectivity index is 1.30. The van der Waals surface area contributed by atoms with Crippen LogP contribution in [0.25, 0.3) is 0 Å². The van der Waals surface area contributed by atoms with E-state index in [0.29, 0.717) is 12.3 Å². The lowest BCUT2D eigenvalue weighted by molar-refractivity contribution is 0.214. The first kappa shape index (κ1) is 20.0. The van der Waals surface area contributed by atoms with Gasteiger partial charge in [0.15, 0.2) is 0 Å². The number of hydrogen-bond acceptors (Lipinski definition) is 5. The Hall–Kier alpha value is -2.89. The molecule has 160 valence electrons. The van der Waals surface area contributed by atoms with Gasteiger partial charge in [-0.1, -0.05) is 24.3 Å². The van der Waals surface area contributed by atoms with Crippen LogP contribution in [0.5, 0.6) is 5.75 Å². The summed E-state index contributed by atoms with van der Waals surface area (Å²) in [7, 11) is 0. The molecule has 0 aliphatic carbocycles. The van der Waals surface area contributed by atoms with Crippen LogP contribution < -0.4 is 9.64 Å². The lowest BCUT2D eigenvalue weighted by Gasteiger charge is -2.21. The van der Waals surface area contributed by atoms with Crippen molar-refractivity contribution in [2.75, 3.05) is 31.1 Å². The number of fused-ring (bicyclic) bond motifs is 1. The number of aliphatic hydroxyl groups is 1. The molecule has 3 aromatic rings. The second-order valence-corrected chi connectivity index (χ2v) is 8.44. The van der Waals surface area contributed by atoms with E-state index in [1.165, 1.54) is 37.2 Å². The fraction of sp³-hybridized carbons (Fsp3) is 0.346. The van der Waals surface area contributed by atoms with Crippen molar-refractivity contribution in [1.82, 2.24) is 9.88 Å². The third-order valence-electron chi connectivity index (χ3n) is 6.24. The molecule has 1 aromatic heterocycles. The Bertz CT molecular complexity index is 1000. The highest BCUT2D eigenvalue weighted by Gasteiger charge is 2.19. The molecule has 0 bridgehead atoms. The summed E-state index contributed by atoms with van der Waals surface area (Å²) in [6.45, 7) is 5.57. The van der Waals surface area contributed by atoms with E-state index < -0.39 is 6.10 Å². The summed E-state index contributed by atoms with van der Waals surface area (Å²) in [6, 6.07) is 20.6. The second kappa shape index (κ2) is 9.08. The maximum atomic E-state index is 10.8. The van der Waals surface area contributed by atoms with Crippen molar-refractivity contribution in [2.24, 2.45) is 0 Å². The van der Waals surface area contributed by atoms with Gasteiger partial charge in [-0.15, -0.1) is 0 Å². The SMILES string of the molecule is OC(c1ccc2c(c1)CN(Cc1ccc(N3CCCC3)cc1)CCO2)c1ccccn1. The zero-order chi connectivity index (χ0) is 21.0. The summed E-state index contributed by atoms with van der Waals surface area (Å²) in [5.74, 6) is 0.906. The van der Waals surface area contributed by atoms with Gasteiger partial charge in [0.2, 0.25) is 0 Å². The number of nitrogens with zero attached hydrogens (tertiary/aromatic N) is 3. The predicted octanol–water partition coefficient (Wildman–Crippen LogP) is 4.16. The first-order chi connectivity index (χ1) is 15.3. The molecule has 0 radical (unpaired) electrons. The van der Waals surface area contributed by atoms with E-state index in [9.17, 15) is 5.11 Å². The summed E-state index contributed by atoms with van der Waals surface area (Å²) in [4.78, 5) is 9.17. The zero-order valence-electron chi connectivity index (χ0n) is 17.8. The van der Waals surface area contributed by atoms with E-state index in [4.69, 9.17) is 4.74 Å². The average molecular weight is 416 g/mol. The van der Waals surface area contributed by atoms with Crippen LogP contribution in [-0.4, -0.2) is 41.2 Å². The monoisotopic (exact) mass is 415 g/mol. The van der Waals surface area contributed by atoms with Crippen molar-refractivity contribution in [3.8, 4) is 5.75 Å². The summed E-state index contributed by atoms with van der Waals surface area (Å²) >= 11 is 0. The van der Waals surface area contributed by atoms with Crippen LogP contribution in [0.2, 0.25) is 0 Å². The largest absolute Gasteiger partial charge is 0.492 e. The number of pyridine rings is 1. The number of rotatable bonds is 5. The maximum absolute atomic E-state index is 10.8. The maximum Gasteiger partial charge on any atom is 0.123 e. The smallest absolute Gasteiger partial charge is 0.123 e. The van der Waals surface area contributed by atoms with Crippen molar-refractivity contribution in [1.29, 1.82) is 0 Å². The van der Waals surface area contributed by atoms with Crippen LogP contribution in [0.15, 0.2) is 66.9 Å².